The molecule has 1 fully saturated rings. The number of aryl methyl sites for hydroxylation is 1. The lowest BCUT2D eigenvalue weighted by Crippen LogP contribution is -2.24. The monoisotopic (exact) mass is 215 g/mol. The maximum absolute atomic E-state index is 5.48. The van der Waals surface area contributed by atoms with E-state index in [2.05, 4.69) is 11.4 Å². The van der Waals surface area contributed by atoms with Crippen molar-refractivity contribution in [1.82, 2.24) is 5.32 Å². The molecule has 0 bridgehead atoms. The molecule has 0 spiro atoms. The molecular formula is C11H18ClNO. The van der Waals surface area contributed by atoms with Crippen LogP contribution in [-0.2, 0) is 6.54 Å². The van der Waals surface area contributed by atoms with E-state index in [0.717, 1.165) is 24.1 Å². The Hall–Kier alpha value is -0.470. The van der Waals surface area contributed by atoms with Crippen LogP contribution in [-0.4, -0.2) is 6.04 Å². The molecule has 2 nitrogen and oxygen atoms in total. The zero-order chi connectivity index (χ0) is 9.10. The van der Waals surface area contributed by atoms with Crippen LogP contribution in [0, 0.1) is 6.92 Å². The van der Waals surface area contributed by atoms with Gasteiger partial charge < -0.3 is 9.73 Å². The van der Waals surface area contributed by atoms with Gasteiger partial charge in [0.05, 0.1) is 6.54 Å². The summed E-state index contributed by atoms with van der Waals surface area (Å²) in [7, 11) is 0. The van der Waals surface area contributed by atoms with Gasteiger partial charge in [0.1, 0.15) is 11.5 Å². The molecule has 0 radical (unpaired) electrons. The summed E-state index contributed by atoms with van der Waals surface area (Å²) < 4.78 is 5.48. The molecule has 1 aliphatic rings. The van der Waals surface area contributed by atoms with Crippen LogP contribution in [0.4, 0.5) is 0 Å². The minimum atomic E-state index is 0. The van der Waals surface area contributed by atoms with Crippen LogP contribution in [0.3, 0.4) is 0 Å². The van der Waals surface area contributed by atoms with Crippen molar-refractivity contribution in [2.45, 2.75) is 45.2 Å². The van der Waals surface area contributed by atoms with Crippen molar-refractivity contribution in [2.24, 2.45) is 0 Å². The lowest BCUT2D eigenvalue weighted by molar-refractivity contribution is 0.433. The minimum Gasteiger partial charge on any atom is -0.465 e. The Bertz CT molecular complexity index is 266. The number of furan rings is 1. The van der Waals surface area contributed by atoms with Crippen molar-refractivity contribution in [3.8, 4) is 0 Å². The molecule has 0 saturated heterocycles. The SMILES string of the molecule is Cc1ccc(CNC2CCCC2)o1.Cl. The molecule has 0 amide bonds. The Morgan fingerprint density at radius 1 is 1.36 bits per heavy atom. The minimum absolute atomic E-state index is 0. The fraction of sp³-hybridized carbons (Fsp3) is 0.636. The molecule has 0 unspecified atom stereocenters. The normalized spacial score (nSPS) is 16.9. The first-order chi connectivity index (χ1) is 6.34. The predicted molar refractivity (Wildman–Crippen MR) is 59.8 cm³/mol. The topological polar surface area (TPSA) is 25.2 Å². The van der Waals surface area contributed by atoms with Gasteiger partial charge in [0.25, 0.3) is 0 Å². The Labute approximate surface area is 91.5 Å². The van der Waals surface area contributed by atoms with E-state index >= 15 is 0 Å². The molecule has 0 aromatic carbocycles. The van der Waals surface area contributed by atoms with Gasteiger partial charge in [-0.3, -0.25) is 0 Å². The average molecular weight is 216 g/mol. The van der Waals surface area contributed by atoms with Gasteiger partial charge in [-0.05, 0) is 31.9 Å². The molecule has 1 aliphatic carbocycles. The van der Waals surface area contributed by atoms with E-state index in [9.17, 15) is 0 Å². The summed E-state index contributed by atoms with van der Waals surface area (Å²) in [6, 6.07) is 4.80. The lowest BCUT2D eigenvalue weighted by atomic mass is 10.2. The smallest absolute Gasteiger partial charge is 0.117 e. The van der Waals surface area contributed by atoms with Crippen LogP contribution < -0.4 is 5.32 Å². The third kappa shape index (κ3) is 3.03. The van der Waals surface area contributed by atoms with Gasteiger partial charge in [0.15, 0.2) is 0 Å². The standard InChI is InChI=1S/C11H17NO.ClH/c1-9-6-7-11(13-9)8-12-10-4-2-3-5-10;/h6-7,10,12H,2-5,8H2,1H3;1H. The first-order valence-corrected chi connectivity index (χ1v) is 5.13. The maximum Gasteiger partial charge on any atom is 0.117 e. The van der Waals surface area contributed by atoms with Crippen molar-refractivity contribution in [2.75, 3.05) is 0 Å². The lowest BCUT2D eigenvalue weighted by Gasteiger charge is -2.09. The number of halogens is 1. The highest BCUT2D eigenvalue weighted by Gasteiger charge is 2.14. The van der Waals surface area contributed by atoms with Crippen molar-refractivity contribution in [3.05, 3.63) is 23.7 Å². The first kappa shape index (κ1) is 11.6. The summed E-state index contributed by atoms with van der Waals surface area (Å²) in [5, 5.41) is 3.52. The fourth-order valence-electron chi connectivity index (χ4n) is 1.95. The highest BCUT2D eigenvalue weighted by Crippen LogP contribution is 2.18. The quantitative estimate of drug-likeness (QED) is 0.839. The van der Waals surface area contributed by atoms with Gasteiger partial charge >= 0.3 is 0 Å². The molecule has 3 heteroatoms. The van der Waals surface area contributed by atoms with Gasteiger partial charge in [-0.15, -0.1) is 12.4 Å². The average Bonchev–Trinajstić information content (AvgIpc) is 2.71. The van der Waals surface area contributed by atoms with Crippen LogP contribution in [0.2, 0.25) is 0 Å². The Morgan fingerprint density at radius 2 is 2.07 bits per heavy atom. The molecule has 14 heavy (non-hydrogen) atoms. The van der Waals surface area contributed by atoms with Gasteiger partial charge in [-0.25, -0.2) is 0 Å². The molecule has 0 aliphatic heterocycles. The third-order valence-electron chi connectivity index (χ3n) is 2.72. The highest BCUT2D eigenvalue weighted by molar-refractivity contribution is 5.85. The highest BCUT2D eigenvalue weighted by atomic mass is 35.5. The summed E-state index contributed by atoms with van der Waals surface area (Å²) in [5.41, 5.74) is 0. The van der Waals surface area contributed by atoms with Gasteiger partial charge in [-0.1, -0.05) is 12.8 Å². The van der Waals surface area contributed by atoms with E-state index in [0.29, 0.717) is 0 Å². The third-order valence-corrected chi connectivity index (χ3v) is 2.72. The second kappa shape index (κ2) is 5.42. The van der Waals surface area contributed by atoms with Crippen LogP contribution >= 0.6 is 12.4 Å². The molecule has 1 aromatic heterocycles. The van der Waals surface area contributed by atoms with E-state index < -0.39 is 0 Å². The van der Waals surface area contributed by atoms with E-state index in [1.54, 1.807) is 0 Å². The Kier molecular flexibility index (Phi) is 4.49. The Balaban J connectivity index is 0.000000980. The van der Waals surface area contributed by atoms with E-state index in [1.807, 2.05) is 13.0 Å². The molecular weight excluding hydrogens is 198 g/mol. The van der Waals surface area contributed by atoms with E-state index in [-0.39, 0.29) is 12.4 Å². The second-order valence-electron chi connectivity index (χ2n) is 3.87. The molecule has 1 saturated carbocycles. The first-order valence-electron chi connectivity index (χ1n) is 5.13. The largest absolute Gasteiger partial charge is 0.465 e. The number of hydrogen-bond donors (Lipinski definition) is 1. The molecule has 1 heterocycles. The molecule has 0 atom stereocenters. The van der Waals surface area contributed by atoms with E-state index in [1.165, 1.54) is 25.7 Å². The summed E-state index contributed by atoms with van der Waals surface area (Å²) >= 11 is 0. The van der Waals surface area contributed by atoms with Crippen molar-refractivity contribution < 1.29 is 4.42 Å². The van der Waals surface area contributed by atoms with Crippen LogP contribution in [0.25, 0.3) is 0 Å². The van der Waals surface area contributed by atoms with Crippen LogP contribution in [0.15, 0.2) is 16.5 Å². The molecule has 1 N–H and O–H groups in total. The van der Waals surface area contributed by atoms with Crippen LogP contribution in [0.1, 0.15) is 37.2 Å². The van der Waals surface area contributed by atoms with E-state index in [4.69, 9.17) is 4.42 Å². The van der Waals surface area contributed by atoms with Crippen molar-refractivity contribution in [3.63, 3.8) is 0 Å². The fourth-order valence-corrected chi connectivity index (χ4v) is 1.95. The van der Waals surface area contributed by atoms with Crippen molar-refractivity contribution in [1.29, 1.82) is 0 Å². The van der Waals surface area contributed by atoms with Crippen LogP contribution in [0.5, 0.6) is 0 Å². The zero-order valence-corrected chi connectivity index (χ0v) is 9.40. The number of hydrogen-bond acceptors (Lipinski definition) is 2. The molecule has 1 aromatic rings. The second-order valence-corrected chi connectivity index (χ2v) is 3.87. The summed E-state index contributed by atoms with van der Waals surface area (Å²) in [4.78, 5) is 0. The zero-order valence-electron chi connectivity index (χ0n) is 8.58. The van der Waals surface area contributed by atoms with Crippen molar-refractivity contribution >= 4 is 12.4 Å². The molecule has 2 rings (SSSR count). The van der Waals surface area contributed by atoms with Gasteiger partial charge in [-0.2, -0.15) is 0 Å². The van der Waals surface area contributed by atoms with Gasteiger partial charge in [0, 0.05) is 6.04 Å². The number of nitrogens with one attached hydrogen (secondary N) is 1. The summed E-state index contributed by atoms with van der Waals surface area (Å²) in [6.07, 6.45) is 5.43. The van der Waals surface area contributed by atoms with Gasteiger partial charge in [0.2, 0.25) is 0 Å². The number of rotatable bonds is 3. The maximum atomic E-state index is 5.48. The predicted octanol–water partition coefficient (Wildman–Crippen LogP) is 3.04. The summed E-state index contributed by atoms with van der Waals surface area (Å²) in [5.74, 6) is 2.06. The summed E-state index contributed by atoms with van der Waals surface area (Å²) in [6.45, 7) is 2.87. The molecule has 80 valence electrons. The Morgan fingerprint density at radius 3 is 2.64 bits per heavy atom.